The molecule has 22 heavy (non-hydrogen) atoms. The highest BCUT2D eigenvalue weighted by molar-refractivity contribution is 14.1. The van der Waals surface area contributed by atoms with Crippen molar-refractivity contribution in [1.29, 1.82) is 0 Å². The van der Waals surface area contributed by atoms with Crippen molar-refractivity contribution in [2.24, 2.45) is 11.8 Å². The van der Waals surface area contributed by atoms with Crippen LogP contribution in [0.5, 0.6) is 0 Å². The van der Waals surface area contributed by atoms with E-state index in [2.05, 4.69) is 46.7 Å². The van der Waals surface area contributed by atoms with Crippen LogP contribution in [-0.4, -0.2) is 37.0 Å². The number of aryl methyl sites for hydroxylation is 1. The fourth-order valence-electron chi connectivity index (χ4n) is 3.38. The second kappa shape index (κ2) is 8.29. The van der Waals surface area contributed by atoms with E-state index in [0.29, 0.717) is 0 Å². The van der Waals surface area contributed by atoms with Gasteiger partial charge in [0, 0.05) is 23.2 Å². The van der Waals surface area contributed by atoms with Gasteiger partial charge >= 0.3 is 0 Å². The second-order valence-corrected chi connectivity index (χ2v) is 7.96. The molecule has 3 nitrogen and oxygen atoms in total. The number of hydrogen-bond acceptors (Lipinski definition) is 2. The molecule has 0 bridgehead atoms. The van der Waals surface area contributed by atoms with Crippen molar-refractivity contribution in [3.05, 3.63) is 32.9 Å². The van der Waals surface area contributed by atoms with Gasteiger partial charge in [-0.15, -0.1) is 0 Å². The summed E-state index contributed by atoms with van der Waals surface area (Å²) in [5.41, 5.74) is 1.97. The summed E-state index contributed by atoms with van der Waals surface area (Å²) in [6, 6.07) is 5.96. The summed E-state index contributed by atoms with van der Waals surface area (Å²) in [4.78, 5) is 14.7. The standard InChI is InChI=1S/C18H27IN2O/c1-13-5-6-16(17(19)10-13)18(22)20-7-4-8-21-11-14(2)9-15(3)12-21/h5-6,10,14-15H,4,7-9,11-12H2,1-3H3,(H,20,22)/t14-,15+. The van der Waals surface area contributed by atoms with Crippen LogP contribution in [0.2, 0.25) is 0 Å². The normalized spacial score (nSPS) is 22.5. The number of likely N-dealkylation sites (tertiary alicyclic amines) is 1. The lowest BCUT2D eigenvalue weighted by atomic mass is 9.92. The van der Waals surface area contributed by atoms with Gasteiger partial charge in [0.2, 0.25) is 0 Å². The molecule has 2 rings (SSSR count). The highest BCUT2D eigenvalue weighted by Gasteiger charge is 2.21. The Morgan fingerprint density at radius 1 is 1.32 bits per heavy atom. The van der Waals surface area contributed by atoms with Crippen LogP contribution >= 0.6 is 22.6 Å². The van der Waals surface area contributed by atoms with Gasteiger partial charge in [-0.3, -0.25) is 4.79 Å². The Balaban J connectivity index is 1.73. The van der Waals surface area contributed by atoms with E-state index in [9.17, 15) is 4.79 Å². The summed E-state index contributed by atoms with van der Waals surface area (Å²) in [5, 5.41) is 3.05. The molecular weight excluding hydrogens is 387 g/mol. The highest BCUT2D eigenvalue weighted by Crippen LogP contribution is 2.20. The summed E-state index contributed by atoms with van der Waals surface area (Å²) in [6.45, 7) is 11.0. The van der Waals surface area contributed by atoms with E-state index in [1.807, 2.05) is 25.1 Å². The third-order valence-electron chi connectivity index (χ3n) is 4.25. The summed E-state index contributed by atoms with van der Waals surface area (Å²) in [7, 11) is 0. The topological polar surface area (TPSA) is 32.3 Å². The zero-order chi connectivity index (χ0) is 16.1. The number of rotatable bonds is 5. The number of carbonyl (C=O) groups is 1. The fourth-order valence-corrected chi connectivity index (χ4v) is 4.29. The largest absolute Gasteiger partial charge is 0.352 e. The van der Waals surface area contributed by atoms with Gasteiger partial charge in [-0.2, -0.15) is 0 Å². The van der Waals surface area contributed by atoms with Crippen molar-refractivity contribution in [2.75, 3.05) is 26.2 Å². The van der Waals surface area contributed by atoms with Gasteiger partial charge in [0.1, 0.15) is 0 Å². The molecule has 0 spiro atoms. The first-order chi connectivity index (χ1) is 10.5. The predicted octanol–water partition coefficient (Wildman–Crippen LogP) is 3.70. The second-order valence-electron chi connectivity index (χ2n) is 6.80. The van der Waals surface area contributed by atoms with E-state index in [-0.39, 0.29) is 5.91 Å². The molecule has 2 atom stereocenters. The van der Waals surface area contributed by atoms with E-state index in [1.165, 1.54) is 25.1 Å². The average molecular weight is 414 g/mol. The first-order valence-electron chi connectivity index (χ1n) is 8.22. The van der Waals surface area contributed by atoms with Crippen molar-refractivity contribution in [3.8, 4) is 0 Å². The molecule has 1 N–H and O–H groups in total. The molecule has 0 saturated carbocycles. The van der Waals surface area contributed by atoms with Gasteiger partial charge in [-0.25, -0.2) is 0 Å². The van der Waals surface area contributed by atoms with Crippen LogP contribution in [0, 0.1) is 22.3 Å². The monoisotopic (exact) mass is 414 g/mol. The lowest BCUT2D eigenvalue weighted by Crippen LogP contribution is -2.40. The number of halogens is 1. The Morgan fingerprint density at radius 2 is 2.00 bits per heavy atom. The van der Waals surface area contributed by atoms with Crippen LogP contribution in [0.3, 0.4) is 0 Å². The van der Waals surface area contributed by atoms with Crippen molar-refractivity contribution >= 4 is 28.5 Å². The predicted molar refractivity (Wildman–Crippen MR) is 100 cm³/mol. The minimum Gasteiger partial charge on any atom is -0.352 e. The average Bonchev–Trinajstić information content (AvgIpc) is 2.42. The highest BCUT2D eigenvalue weighted by atomic mass is 127. The lowest BCUT2D eigenvalue weighted by Gasteiger charge is -2.34. The van der Waals surface area contributed by atoms with Crippen molar-refractivity contribution < 1.29 is 4.79 Å². The maximum atomic E-state index is 12.2. The number of piperidine rings is 1. The minimum atomic E-state index is 0.0461. The Kier molecular flexibility index (Phi) is 6.68. The summed E-state index contributed by atoms with van der Waals surface area (Å²) in [5.74, 6) is 1.64. The quantitative estimate of drug-likeness (QED) is 0.589. The molecule has 122 valence electrons. The molecule has 0 radical (unpaired) electrons. The molecule has 0 unspecified atom stereocenters. The number of benzene rings is 1. The maximum Gasteiger partial charge on any atom is 0.252 e. The van der Waals surface area contributed by atoms with E-state index in [4.69, 9.17) is 0 Å². The van der Waals surface area contributed by atoms with E-state index in [1.54, 1.807) is 0 Å². The molecule has 0 aromatic heterocycles. The van der Waals surface area contributed by atoms with Crippen LogP contribution in [0.15, 0.2) is 18.2 Å². The molecule has 1 heterocycles. The Labute approximate surface area is 148 Å². The Morgan fingerprint density at radius 3 is 2.64 bits per heavy atom. The van der Waals surface area contributed by atoms with Gasteiger partial charge in [0.25, 0.3) is 5.91 Å². The van der Waals surface area contributed by atoms with Crippen molar-refractivity contribution in [3.63, 3.8) is 0 Å². The van der Waals surface area contributed by atoms with E-state index < -0.39 is 0 Å². The number of hydrogen-bond donors (Lipinski definition) is 1. The van der Waals surface area contributed by atoms with Crippen LogP contribution in [-0.2, 0) is 0 Å². The molecule has 1 aliphatic heterocycles. The third-order valence-corrected chi connectivity index (χ3v) is 5.14. The smallest absolute Gasteiger partial charge is 0.252 e. The van der Waals surface area contributed by atoms with Crippen LogP contribution in [0.4, 0.5) is 0 Å². The van der Waals surface area contributed by atoms with Crippen molar-refractivity contribution in [1.82, 2.24) is 10.2 Å². The molecule has 4 heteroatoms. The van der Waals surface area contributed by atoms with Crippen molar-refractivity contribution in [2.45, 2.75) is 33.6 Å². The first-order valence-corrected chi connectivity index (χ1v) is 9.30. The molecular formula is C18H27IN2O. The Hall–Kier alpha value is -0.620. The van der Waals surface area contributed by atoms with E-state index in [0.717, 1.165) is 40.5 Å². The van der Waals surface area contributed by atoms with Crippen LogP contribution in [0.1, 0.15) is 42.6 Å². The number of nitrogens with one attached hydrogen (secondary N) is 1. The van der Waals surface area contributed by atoms with Gasteiger partial charge < -0.3 is 10.2 Å². The number of carbonyl (C=O) groups excluding carboxylic acids is 1. The first kappa shape index (κ1) is 17.7. The SMILES string of the molecule is Cc1ccc(C(=O)NCCCN2C[C@H](C)C[C@H](C)C2)c(I)c1. The minimum absolute atomic E-state index is 0.0461. The molecule has 1 aromatic carbocycles. The number of nitrogens with zero attached hydrogens (tertiary/aromatic N) is 1. The maximum absolute atomic E-state index is 12.2. The molecule has 1 saturated heterocycles. The zero-order valence-electron chi connectivity index (χ0n) is 13.9. The molecule has 1 amide bonds. The van der Waals surface area contributed by atoms with Gasteiger partial charge in [-0.1, -0.05) is 25.5 Å². The van der Waals surface area contributed by atoms with Crippen LogP contribution < -0.4 is 5.32 Å². The fraction of sp³-hybridized carbons (Fsp3) is 0.611. The molecule has 1 aromatic rings. The Bertz CT molecular complexity index is 508. The molecule has 0 aliphatic carbocycles. The molecule has 1 aliphatic rings. The summed E-state index contributed by atoms with van der Waals surface area (Å²) >= 11 is 2.23. The zero-order valence-corrected chi connectivity index (χ0v) is 16.0. The van der Waals surface area contributed by atoms with Gasteiger partial charge in [-0.05, 0) is 72.9 Å². The van der Waals surface area contributed by atoms with Gasteiger partial charge in [0.05, 0.1) is 5.56 Å². The third kappa shape index (κ3) is 5.23. The molecule has 1 fully saturated rings. The van der Waals surface area contributed by atoms with Crippen LogP contribution in [0.25, 0.3) is 0 Å². The summed E-state index contributed by atoms with van der Waals surface area (Å²) < 4.78 is 1.02. The van der Waals surface area contributed by atoms with E-state index >= 15 is 0 Å². The number of amides is 1. The summed E-state index contributed by atoms with van der Waals surface area (Å²) in [6.07, 6.45) is 2.37. The van der Waals surface area contributed by atoms with Gasteiger partial charge in [0.15, 0.2) is 0 Å². The lowest BCUT2D eigenvalue weighted by molar-refractivity contribution is 0.0946.